The van der Waals surface area contributed by atoms with Crippen molar-refractivity contribution in [1.29, 1.82) is 0 Å². The number of rotatable bonds is 2. The first-order valence-electron chi connectivity index (χ1n) is 3.27. The number of hydrogen-bond donors (Lipinski definition) is 0. The van der Waals surface area contributed by atoms with Gasteiger partial charge >= 0.3 is 0 Å². The van der Waals surface area contributed by atoms with Crippen LogP contribution in [0, 0.1) is 0 Å². The number of hydrogen-bond acceptors (Lipinski definition) is 1. The Hall–Kier alpha value is -0.557. The molecule has 56 valence electrons. The average Bonchev–Trinajstić information content (AvgIpc) is 1.95. The van der Waals surface area contributed by atoms with Gasteiger partial charge in [0.15, 0.2) is 0 Å². The number of benzene rings is 1. The van der Waals surface area contributed by atoms with Gasteiger partial charge in [-0.2, -0.15) is 0 Å². The summed E-state index contributed by atoms with van der Waals surface area (Å²) in [6, 6.07) is 7.02. The SMILES string of the molecule is CCOc1ccc([NH-])cc1.[Zn]. The maximum atomic E-state index is 7.17. The van der Waals surface area contributed by atoms with Gasteiger partial charge in [-0.25, -0.2) is 0 Å². The van der Waals surface area contributed by atoms with E-state index in [4.69, 9.17) is 10.5 Å². The summed E-state index contributed by atoms with van der Waals surface area (Å²) in [5.74, 6) is 0.832. The molecule has 1 rings (SSSR count). The molecule has 0 aromatic heterocycles. The molecule has 0 fully saturated rings. The summed E-state index contributed by atoms with van der Waals surface area (Å²) < 4.78 is 5.18. The summed E-state index contributed by atoms with van der Waals surface area (Å²) in [4.78, 5) is 0. The van der Waals surface area contributed by atoms with Gasteiger partial charge in [0.2, 0.25) is 0 Å². The Balaban J connectivity index is 0.000001000. The molecule has 0 aliphatic carbocycles. The molecule has 0 saturated heterocycles. The van der Waals surface area contributed by atoms with Crippen LogP contribution in [-0.2, 0) is 19.5 Å². The molecule has 0 saturated carbocycles. The minimum Gasteiger partial charge on any atom is -0.699 e. The molecule has 0 aliphatic heterocycles. The molecule has 0 aliphatic rings. The molecule has 0 amide bonds. The minimum atomic E-state index is 0. The molecule has 0 unspecified atom stereocenters. The van der Waals surface area contributed by atoms with E-state index in [2.05, 4.69) is 0 Å². The predicted octanol–water partition coefficient (Wildman–Crippen LogP) is 2.77. The van der Waals surface area contributed by atoms with Gasteiger partial charge in [-0.05, 0) is 19.1 Å². The van der Waals surface area contributed by atoms with E-state index in [0.29, 0.717) is 12.3 Å². The molecule has 3 heteroatoms. The Kier molecular flexibility index (Phi) is 4.88. The van der Waals surface area contributed by atoms with E-state index in [1.54, 1.807) is 24.3 Å². The fraction of sp³-hybridized carbons (Fsp3) is 0.250. The van der Waals surface area contributed by atoms with Gasteiger partial charge < -0.3 is 10.5 Å². The van der Waals surface area contributed by atoms with Crippen LogP contribution in [0.1, 0.15) is 6.92 Å². The topological polar surface area (TPSA) is 33.0 Å². The molecular weight excluding hydrogens is 191 g/mol. The maximum absolute atomic E-state index is 7.17. The van der Waals surface area contributed by atoms with Crippen molar-refractivity contribution in [2.45, 2.75) is 6.92 Å². The summed E-state index contributed by atoms with van der Waals surface area (Å²) in [6.07, 6.45) is 0. The van der Waals surface area contributed by atoms with Crippen LogP contribution in [0.3, 0.4) is 0 Å². The Labute approximate surface area is 79.5 Å². The summed E-state index contributed by atoms with van der Waals surface area (Å²) in [6.45, 7) is 2.62. The smallest absolute Gasteiger partial charge is 0.119 e. The second-order valence-electron chi connectivity index (χ2n) is 1.96. The number of nitrogens with one attached hydrogen (secondary N) is 1. The Morgan fingerprint density at radius 2 is 1.82 bits per heavy atom. The third-order valence-corrected chi connectivity index (χ3v) is 1.17. The van der Waals surface area contributed by atoms with Crippen LogP contribution >= 0.6 is 0 Å². The van der Waals surface area contributed by atoms with E-state index in [9.17, 15) is 0 Å². The zero-order chi connectivity index (χ0) is 7.40. The average molecular weight is 202 g/mol. The molecule has 0 heterocycles. The molecule has 0 radical (unpaired) electrons. The first kappa shape index (κ1) is 10.4. The van der Waals surface area contributed by atoms with Gasteiger partial charge in [-0.3, -0.25) is 0 Å². The molecule has 0 bridgehead atoms. The summed E-state index contributed by atoms with van der Waals surface area (Å²) in [5, 5.41) is 0. The normalized spacial score (nSPS) is 8.45. The van der Waals surface area contributed by atoms with Crippen molar-refractivity contribution in [2.75, 3.05) is 6.61 Å². The van der Waals surface area contributed by atoms with E-state index >= 15 is 0 Å². The predicted molar refractivity (Wildman–Crippen MR) is 41.6 cm³/mol. The fourth-order valence-corrected chi connectivity index (χ4v) is 0.718. The van der Waals surface area contributed by atoms with Crippen molar-refractivity contribution in [3.63, 3.8) is 0 Å². The van der Waals surface area contributed by atoms with Crippen molar-refractivity contribution in [3.8, 4) is 5.75 Å². The van der Waals surface area contributed by atoms with Gasteiger partial charge in [-0.1, -0.05) is 12.1 Å². The quantitative estimate of drug-likeness (QED) is 0.678. The molecule has 2 nitrogen and oxygen atoms in total. The zero-order valence-electron chi connectivity index (χ0n) is 6.63. The van der Waals surface area contributed by atoms with Crippen LogP contribution in [0.4, 0.5) is 5.69 Å². The van der Waals surface area contributed by atoms with Gasteiger partial charge in [0.1, 0.15) is 5.75 Å². The Morgan fingerprint density at radius 3 is 2.27 bits per heavy atom. The van der Waals surface area contributed by atoms with Gasteiger partial charge in [0, 0.05) is 19.5 Å². The van der Waals surface area contributed by atoms with E-state index in [1.165, 1.54) is 0 Å². The van der Waals surface area contributed by atoms with E-state index < -0.39 is 0 Å². The van der Waals surface area contributed by atoms with Crippen LogP contribution in [0.15, 0.2) is 24.3 Å². The largest absolute Gasteiger partial charge is 0.699 e. The zero-order valence-corrected chi connectivity index (χ0v) is 9.60. The summed E-state index contributed by atoms with van der Waals surface area (Å²) >= 11 is 0. The van der Waals surface area contributed by atoms with Crippen LogP contribution in [-0.4, -0.2) is 6.61 Å². The third-order valence-electron chi connectivity index (χ3n) is 1.17. The van der Waals surface area contributed by atoms with E-state index in [1.807, 2.05) is 6.92 Å². The summed E-state index contributed by atoms with van der Waals surface area (Å²) in [5.41, 5.74) is 7.69. The van der Waals surface area contributed by atoms with Crippen molar-refractivity contribution in [3.05, 3.63) is 30.0 Å². The van der Waals surface area contributed by atoms with Crippen molar-refractivity contribution < 1.29 is 24.2 Å². The van der Waals surface area contributed by atoms with E-state index in [-0.39, 0.29) is 19.5 Å². The molecule has 0 atom stereocenters. The van der Waals surface area contributed by atoms with Crippen LogP contribution in [0.2, 0.25) is 0 Å². The van der Waals surface area contributed by atoms with Crippen molar-refractivity contribution in [1.82, 2.24) is 0 Å². The molecule has 1 aromatic carbocycles. The number of ether oxygens (including phenoxy) is 1. The van der Waals surface area contributed by atoms with Gasteiger partial charge in [0.25, 0.3) is 0 Å². The van der Waals surface area contributed by atoms with Crippen molar-refractivity contribution >= 4 is 5.69 Å². The Morgan fingerprint density at radius 1 is 1.27 bits per heavy atom. The first-order valence-corrected chi connectivity index (χ1v) is 3.27. The first-order chi connectivity index (χ1) is 4.83. The second kappa shape index (κ2) is 5.14. The van der Waals surface area contributed by atoms with E-state index in [0.717, 1.165) is 5.75 Å². The fourth-order valence-electron chi connectivity index (χ4n) is 0.718. The third kappa shape index (κ3) is 3.38. The molecule has 11 heavy (non-hydrogen) atoms. The minimum absolute atomic E-state index is 0. The van der Waals surface area contributed by atoms with Crippen LogP contribution in [0.5, 0.6) is 5.75 Å². The molecule has 1 aromatic rings. The second-order valence-corrected chi connectivity index (χ2v) is 1.96. The summed E-state index contributed by atoms with van der Waals surface area (Å²) in [7, 11) is 0. The Bertz CT molecular complexity index is 198. The van der Waals surface area contributed by atoms with Gasteiger partial charge in [0.05, 0.1) is 6.61 Å². The van der Waals surface area contributed by atoms with Crippen LogP contribution < -0.4 is 4.74 Å². The molecular formula is C8H10NOZn-. The van der Waals surface area contributed by atoms with Gasteiger partial charge in [-0.15, -0.1) is 5.69 Å². The molecule has 0 spiro atoms. The van der Waals surface area contributed by atoms with Crippen molar-refractivity contribution in [2.24, 2.45) is 0 Å². The van der Waals surface area contributed by atoms with Crippen LogP contribution in [0.25, 0.3) is 5.73 Å². The monoisotopic (exact) mass is 200 g/mol. The maximum Gasteiger partial charge on any atom is 0.119 e. The molecule has 1 N–H and O–H groups in total. The standard InChI is InChI=1S/C8H10NO.Zn/c1-2-10-8-5-3-7(9)4-6-8;/h3-6,9H,2H2,1H3;/q-1;.